The molecule has 0 amide bonds. The van der Waals surface area contributed by atoms with Gasteiger partial charge in [0.15, 0.2) is 5.96 Å². The zero-order valence-corrected chi connectivity index (χ0v) is 9.27. The fraction of sp³-hybridized carbons (Fsp3) is 0.800. The molecule has 4 N–H and O–H groups in total. The third kappa shape index (κ3) is 3.42. The number of carbonyl (C=O) groups is 1. The van der Waals surface area contributed by atoms with Crippen molar-refractivity contribution in [3.63, 3.8) is 0 Å². The minimum absolute atomic E-state index is 0.0577. The molecule has 0 aromatic carbocycles. The maximum Gasteiger partial charge on any atom is 0.308 e. The molecule has 2 atom stereocenters. The molecule has 15 heavy (non-hydrogen) atoms. The number of nitrogens with zero attached hydrogens (tertiary/aromatic N) is 1. The van der Waals surface area contributed by atoms with E-state index >= 15 is 0 Å². The molecule has 0 heterocycles. The van der Waals surface area contributed by atoms with E-state index in [2.05, 4.69) is 4.99 Å². The molecule has 1 aliphatic carbocycles. The molecule has 0 bridgehead atoms. The van der Waals surface area contributed by atoms with Gasteiger partial charge in [0.05, 0.1) is 12.0 Å². The Hall–Kier alpha value is -1.26. The van der Waals surface area contributed by atoms with Gasteiger partial charge in [0.2, 0.25) is 0 Å². The van der Waals surface area contributed by atoms with Crippen molar-refractivity contribution in [1.82, 2.24) is 0 Å². The normalized spacial score (nSPS) is 25.3. The summed E-state index contributed by atoms with van der Waals surface area (Å²) in [5, 5.41) is 0. The molecule has 1 rings (SSSR count). The summed E-state index contributed by atoms with van der Waals surface area (Å²) in [7, 11) is 0. The highest BCUT2D eigenvalue weighted by molar-refractivity contribution is 5.76. The molecule has 2 unspecified atom stereocenters. The number of aliphatic imine (C=N–C) groups is 1. The van der Waals surface area contributed by atoms with Crippen molar-refractivity contribution in [3.8, 4) is 0 Å². The molecule has 1 fully saturated rings. The Morgan fingerprint density at radius 2 is 2.07 bits per heavy atom. The maximum absolute atomic E-state index is 11.4. The highest BCUT2D eigenvalue weighted by Crippen LogP contribution is 2.25. The van der Waals surface area contributed by atoms with Crippen LogP contribution in [-0.2, 0) is 9.53 Å². The summed E-state index contributed by atoms with van der Waals surface area (Å²) in [4.78, 5) is 15.5. The van der Waals surface area contributed by atoms with Crippen molar-refractivity contribution in [3.05, 3.63) is 0 Å². The van der Waals surface area contributed by atoms with Crippen LogP contribution < -0.4 is 11.5 Å². The van der Waals surface area contributed by atoms with Crippen LogP contribution in [0.2, 0.25) is 0 Å². The fourth-order valence-electron chi connectivity index (χ4n) is 1.67. The topological polar surface area (TPSA) is 90.7 Å². The lowest BCUT2D eigenvalue weighted by Crippen LogP contribution is -2.31. The lowest BCUT2D eigenvalue weighted by Gasteiger charge is -2.18. The summed E-state index contributed by atoms with van der Waals surface area (Å²) in [6, 6.07) is -0.0577. The Morgan fingerprint density at radius 1 is 1.40 bits per heavy atom. The van der Waals surface area contributed by atoms with Crippen molar-refractivity contribution >= 4 is 11.9 Å². The number of hydrogen-bond donors (Lipinski definition) is 2. The monoisotopic (exact) mass is 213 g/mol. The third-order valence-corrected chi connectivity index (χ3v) is 2.47. The van der Waals surface area contributed by atoms with Crippen LogP contribution in [-0.4, -0.2) is 24.1 Å². The predicted octanol–water partition coefficient (Wildman–Crippen LogP) is 0.380. The molecule has 0 radical (unpaired) electrons. The minimum atomic E-state index is -0.183. The Morgan fingerprint density at radius 3 is 2.60 bits per heavy atom. The predicted molar refractivity (Wildman–Crippen MR) is 58.2 cm³/mol. The van der Waals surface area contributed by atoms with Gasteiger partial charge in [-0.15, -0.1) is 0 Å². The molecule has 86 valence electrons. The molecule has 0 spiro atoms. The third-order valence-electron chi connectivity index (χ3n) is 2.47. The van der Waals surface area contributed by atoms with Gasteiger partial charge in [0, 0.05) is 0 Å². The molecule has 0 saturated heterocycles. The number of guanidine groups is 1. The van der Waals surface area contributed by atoms with E-state index in [0.29, 0.717) is 0 Å². The van der Waals surface area contributed by atoms with Crippen LogP contribution in [0.3, 0.4) is 0 Å². The lowest BCUT2D eigenvalue weighted by molar-refractivity contribution is -0.153. The van der Waals surface area contributed by atoms with Crippen LogP contribution >= 0.6 is 0 Å². The van der Waals surface area contributed by atoms with Crippen molar-refractivity contribution in [2.45, 2.75) is 45.3 Å². The van der Waals surface area contributed by atoms with Crippen molar-refractivity contribution in [1.29, 1.82) is 0 Å². The van der Waals surface area contributed by atoms with Gasteiger partial charge in [-0.2, -0.15) is 0 Å². The van der Waals surface area contributed by atoms with Crippen molar-refractivity contribution in [2.24, 2.45) is 22.4 Å². The first-order chi connectivity index (χ1) is 7.00. The van der Waals surface area contributed by atoms with Gasteiger partial charge in [-0.1, -0.05) is 13.8 Å². The van der Waals surface area contributed by atoms with E-state index in [1.165, 1.54) is 0 Å². The first-order valence-electron chi connectivity index (χ1n) is 5.30. The molecule has 0 aliphatic heterocycles. The van der Waals surface area contributed by atoms with E-state index < -0.39 is 0 Å². The highest BCUT2D eigenvalue weighted by atomic mass is 16.5. The van der Waals surface area contributed by atoms with E-state index in [9.17, 15) is 4.79 Å². The standard InChI is InChI=1S/C10H19N3O2/c1-6(2)9(14)15-8-5-3-4-7(8)13-10(11)12/h6-8H,3-5H2,1-2H3,(H4,11,12,13). The number of hydrogen-bond acceptors (Lipinski definition) is 3. The van der Waals surface area contributed by atoms with Crippen molar-refractivity contribution in [2.75, 3.05) is 0 Å². The Labute approximate surface area is 89.9 Å². The molecular weight excluding hydrogens is 194 g/mol. The van der Waals surface area contributed by atoms with Gasteiger partial charge in [0.25, 0.3) is 0 Å². The average Bonchev–Trinajstić information content (AvgIpc) is 2.51. The Balaban J connectivity index is 2.54. The molecule has 0 aromatic rings. The molecule has 5 heteroatoms. The highest BCUT2D eigenvalue weighted by Gasteiger charge is 2.30. The largest absolute Gasteiger partial charge is 0.460 e. The van der Waals surface area contributed by atoms with Gasteiger partial charge in [-0.25, -0.2) is 4.99 Å². The lowest BCUT2D eigenvalue weighted by atomic mass is 10.2. The molecule has 1 saturated carbocycles. The molecular formula is C10H19N3O2. The van der Waals surface area contributed by atoms with Crippen LogP contribution in [0.15, 0.2) is 4.99 Å². The first-order valence-corrected chi connectivity index (χ1v) is 5.30. The van der Waals surface area contributed by atoms with Gasteiger partial charge >= 0.3 is 5.97 Å². The van der Waals surface area contributed by atoms with E-state index in [-0.39, 0.29) is 30.0 Å². The van der Waals surface area contributed by atoms with E-state index in [1.54, 1.807) is 0 Å². The summed E-state index contributed by atoms with van der Waals surface area (Å²) in [6.45, 7) is 3.62. The average molecular weight is 213 g/mol. The zero-order chi connectivity index (χ0) is 11.4. The van der Waals surface area contributed by atoms with E-state index in [1.807, 2.05) is 13.8 Å². The number of ether oxygens (including phenoxy) is 1. The zero-order valence-electron chi connectivity index (χ0n) is 9.27. The first kappa shape index (κ1) is 11.8. The second-order valence-corrected chi connectivity index (χ2v) is 4.18. The van der Waals surface area contributed by atoms with Crippen LogP contribution in [0.1, 0.15) is 33.1 Å². The summed E-state index contributed by atoms with van der Waals surface area (Å²) >= 11 is 0. The van der Waals surface area contributed by atoms with Gasteiger partial charge in [-0.3, -0.25) is 4.79 Å². The number of nitrogens with two attached hydrogens (primary N) is 2. The second-order valence-electron chi connectivity index (χ2n) is 4.18. The Kier molecular flexibility index (Phi) is 3.94. The number of esters is 1. The quantitative estimate of drug-likeness (QED) is 0.403. The minimum Gasteiger partial charge on any atom is -0.460 e. The molecule has 0 aromatic heterocycles. The molecule has 1 aliphatic rings. The second kappa shape index (κ2) is 5.00. The molecule has 5 nitrogen and oxygen atoms in total. The Bertz CT molecular complexity index is 259. The smallest absolute Gasteiger partial charge is 0.308 e. The summed E-state index contributed by atoms with van der Waals surface area (Å²) < 4.78 is 5.33. The maximum atomic E-state index is 11.4. The van der Waals surface area contributed by atoms with Gasteiger partial charge < -0.3 is 16.2 Å². The number of carbonyl (C=O) groups excluding carboxylic acids is 1. The summed E-state index contributed by atoms with van der Waals surface area (Å²) in [6.07, 6.45) is 2.58. The SMILES string of the molecule is CC(C)C(=O)OC1CCCC1N=C(N)N. The summed E-state index contributed by atoms with van der Waals surface area (Å²) in [5.74, 6) is -0.226. The summed E-state index contributed by atoms with van der Waals surface area (Å²) in [5.41, 5.74) is 10.6. The van der Waals surface area contributed by atoms with E-state index in [4.69, 9.17) is 16.2 Å². The van der Waals surface area contributed by atoms with Crippen LogP contribution in [0.4, 0.5) is 0 Å². The van der Waals surface area contributed by atoms with Gasteiger partial charge in [-0.05, 0) is 19.3 Å². The van der Waals surface area contributed by atoms with Gasteiger partial charge in [0.1, 0.15) is 6.10 Å². The van der Waals surface area contributed by atoms with Crippen molar-refractivity contribution < 1.29 is 9.53 Å². The van der Waals surface area contributed by atoms with Crippen LogP contribution in [0.25, 0.3) is 0 Å². The van der Waals surface area contributed by atoms with Crippen LogP contribution in [0.5, 0.6) is 0 Å². The van der Waals surface area contributed by atoms with E-state index in [0.717, 1.165) is 19.3 Å². The fourth-order valence-corrected chi connectivity index (χ4v) is 1.67. The number of rotatable bonds is 3. The van der Waals surface area contributed by atoms with Crippen LogP contribution in [0, 0.1) is 5.92 Å².